The van der Waals surface area contributed by atoms with Crippen LogP contribution in [0.25, 0.3) is 0 Å². The topological polar surface area (TPSA) is 39.1 Å². The number of aromatic nitrogens is 2. The molecule has 98 valence electrons. The number of ether oxygens (including phenoxy) is 1. The Morgan fingerprint density at radius 1 is 1.47 bits per heavy atom. The summed E-state index contributed by atoms with van der Waals surface area (Å²) in [5.41, 5.74) is 1.33. The lowest BCUT2D eigenvalue weighted by Crippen LogP contribution is -2.35. The Labute approximate surface area is 104 Å². The van der Waals surface area contributed by atoms with E-state index in [0.29, 0.717) is 0 Å². The van der Waals surface area contributed by atoms with Gasteiger partial charge in [-0.3, -0.25) is 0 Å². The van der Waals surface area contributed by atoms with Gasteiger partial charge in [0.15, 0.2) is 0 Å². The van der Waals surface area contributed by atoms with E-state index in [4.69, 9.17) is 4.74 Å². The first-order valence-corrected chi connectivity index (χ1v) is 6.28. The molecule has 4 heteroatoms. The van der Waals surface area contributed by atoms with Crippen LogP contribution in [0.3, 0.4) is 0 Å². The van der Waals surface area contributed by atoms with Crippen LogP contribution in [0.1, 0.15) is 40.3 Å². The highest BCUT2D eigenvalue weighted by Gasteiger charge is 2.11. The largest absolute Gasteiger partial charge is 0.377 e. The van der Waals surface area contributed by atoms with E-state index in [9.17, 15) is 0 Å². The predicted molar refractivity (Wildman–Crippen MR) is 69.9 cm³/mol. The number of nitrogens with one attached hydrogen (secondary N) is 1. The highest BCUT2D eigenvalue weighted by molar-refractivity contribution is 4.99. The van der Waals surface area contributed by atoms with Crippen LogP contribution in [0.5, 0.6) is 0 Å². The third-order valence-corrected chi connectivity index (χ3v) is 2.50. The highest BCUT2D eigenvalue weighted by Crippen LogP contribution is 2.06. The van der Waals surface area contributed by atoms with Gasteiger partial charge in [0, 0.05) is 31.4 Å². The lowest BCUT2D eigenvalue weighted by Gasteiger charge is -2.21. The summed E-state index contributed by atoms with van der Waals surface area (Å²) in [5, 5.41) is 3.47. The van der Waals surface area contributed by atoms with Crippen molar-refractivity contribution in [2.24, 2.45) is 0 Å². The van der Waals surface area contributed by atoms with Crippen LogP contribution in [0.15, 0.2) is 12.5 Å². The Kier molecular flexibility index (Phi) is 5.15. The molecular weight excluding hydrogens is 214 g/mol. The molecule has 0 aromatic carbocycles. The molecule has 17 heavy (non-hydrogen) atoms. The van der Waals surface area contributed by atoms with E-state index in [0.717, 1.165) is 19.7 Å². The summed E-state index contributed by atoms with van der Waals surface area (Å²) in [5.74, 6) is 0. The molecule has 1 N–H and O–H groups in total. The Morgan fingerprint density at radius 3 is 2.76 bits per heavy atom. The minimum atomic E-state index is 0.126. The fourth-order valence-electron chi connectivity index (χ4n) is 1.63. The maximum absolute atomic E-state index is 5.55. The normalized spacial score (nSPS) is 13.9. The van der Waals surface area contributed by atoms with Crippen molar-refractivity contribution >= 4 is 0 Å². The summed E-state index contributed by atoms with van der Waals surface area (Å²) in [7, 11) is 0. The van der Waals surface area contributed by atoms with E-state index in [1.165, 1.54) is 5.69 Å². The molecule has 1 rings (SSSR count). The van der Waals surface area contributed by atoms with Gasteiger partial charge in [0.2, 0.25) is 0 Å². The van der Waals surface area contributed by atoms with Gasteiger partial charge in [0.1, 0.15) is 0 Å². The molecule has 0 aliphatic heterocycles. The lowest BCUT2D eigenvalue weighted by atomic mass is 10.1. The SMILES string of the molecule is CCOC(C)Cn1cncc1CNC(C)(C)C. The van der Waals surface area contributed by atoms with Crippen LogP contribution in [0.2, 0.25) is 0 Å². The minimum Gasteiger partial charge on any atom is -0.377 e. The molecule has 0 fully saturated rings. The van der Waals surface area contributed by atoms with Gasteiger partial charge in [-0.25, -0.2) is 4.98 Å². The molecule has 0 saturated heterocycles. The first kappa shape index (κ1) is 14.2. The van der Waals surface area contributed by atoms with Crippen molar-refractivity contribution in [3.63, 3.8) is 0 Å². The second-order valence-corrected chi connectivity index (χ2v) is 5.41. The maximum atomic E-state index is 5.55. The predicted octanol–water partition coefficient (Wildman–Crippen LogP) is 2.20. The lowest BCUT2D eigenvalue weighted by molar-refractivity contribution is 0.0633. The first-order chi connectivity index (χ1) is 7.92. The van der Waals surface area contributed by atoms with Crippen molar-refractivity contribution in [1.29, 1.82) is 0 Å². The van der Waals surface area contributed by atoms with E-state index in [-0.39, 0.29) is 11.6 Å². The average molecular weight is 239 g/mol. The molecule has 0 amide bonds. The Balaban J connectivity index is 2.54. The molecule has 1 aromatic rings. The van der Waals surface area contributed by atoms with Crippen LogP contribution in [0.4, 0.5) is 0 Å². The van der Waals surface area contributed by atoms with Gasteiger partial charge in [-0.1, -0.05) is 0 Å². The number of rotatable bonds is 6. The number of hydrogen-bond acceptors (Lipinski definition) is 3. The zero-order chi connectivity index (χ0) is 12.9. The van der Waals surface area contributed by atoms with Gasteiger partial charge in [-0.2, -0.15) is 0 Å². The quantitative estimate of drug-likeness (QED) is 0.827. The third-order valence-electron chi connectivity index (χ3n) is 2.50. The highest BCUT2D eigenvalue weighted by atomic mass is 16.5. The molecule has 1 aromatic heterocycles. The monoisotopic (exact) mass is 239 g/mol. The zero-order valence-electron chi connectivity index (χ0n) is 11.7. The van der Waals surface area contributed by atoms with Crippen molar-refractivity contribution in [2.75, 3.05) is 6.61 Å². The maximum Gasteiger partial charge on any atom is 0.0949 e. The molecule has 4 nitrogen and oxygen atoms in total. The van der Waals surface area contributed by atoms with Crippen molar-refractivity contribution < 1.29 is 4.74 Å². The van der Waals surface area contributed by atoms with Crippen LogP contribution in [-0.4, -0.2) is 27.8 Å². The molecule has 1 atom stereocenters. The van der Waals surface area contributed by atoms with Crippen molar-refractivity contribution in [3.8, 4) is 0 Å². The molecule has 1 heterocycles. The van der Waals surface area contributed by atoms with Crippen molar-refractivity contribution in [3.05, 3.63) is 18.2 Å². The standard InChI is InChI=1S/C13H25N3O/c1-6-17-11(2)9-16-10-14-7-12(16)8-15-13(3,4)5/h7,10-11,15H,6,8-9H2,1-5H3. The summed E-state index contributed by atoms with van der Waals surface area (Å²) < 4.78 is 7.70. The fraction of sp³-hybridized carbons (Fsp3) is 0.769. The summed E-state index contributed by atoms with van der Waals surface area (Å²) in [4.78, 5) is 4.20. The summed E-state index contributed by atoms with van der Waals surface area (Å²) in [6, 6.07) is 0. The molecular formula is C13H25N3O. The van der Waals surface area contributed by atoms with E-state index in [2.05, 4.69) is 42.6 Å². The van der Waals surface area contributed by atoms with E-state index < -0.39 is 0 Å². The molecule has 0 spiro atoms. The molecule has 0 saturated carbocycles. The van der Waals surface area contributed by atoms with E-state index in [1.54, 1.807) is 0 Å². The van der Waals surface area contributed by atoms with Crippen LogP contribution in [-0.2, 0) is 17.8 Å². The van der Waals surface area contributed by atoms with Crippen LogP contribution < -0.4 is 5.32 Å². The molecule has 0 bridgehead atoms. The Morgan fingerprint density at radius 2 is 2.18 bits per heavy atom. The molecule has 0 radical (unpaired) electrons. The van der Waals surface area contributed by atoms with Crippen molar-refractivity contribution in [1.82, 2.24) is 14.9 Å². The summed E-state index contributed by atoms with van der Waals surface area (Å²) in [6.45, 7) is 13.0. The second kappa shape index (κ2) is 6.17. The molecule has 0 aliphatic carbocycles. The Bertz CT molecular complexity index is 328. The van der Waals surface area contributed by atoms with Gasteiger partial charge < -0.3 is 14.6 Å². The van der Waals surface area contributed by atoms with Gasteiger partial charge in [-0.15, -0.1) is 0 Å². The summed E-state index contributed by atoms with van der Waals surface area (Å²) >= 11 is 0. The van der Waals surface area contributed by atoms with Crippen LogP contribution in [0, 0.1) is 0 Å². The Hall–Kier alpha value is -0.870. The number of nitrogens with zero attached hydrogens (tertiary/aromatic N) is 2. The van der Waals surface area contributed by atoms with E-state index in [1.807, 2.05) is 19.4 Å². The fourth-order valence-corrected chi connectivity index (χ4v) is 1.63. The molecule has 1 unspecified atom stereocenters. The second-order valence-electron chi connectivity index (χ2n) is 5.41. The first-order valence-electron chi connectivity index (χ1n) is 6.28. The smallest absolute Gasteiger partial charge is 0.0949 e. The molecule has 0 aliphatic rings. The average Bonchev–Trinajstić information content (AvgIpc) is 2.61. The van der Waals surface area contributed by atoms with Gasteiger partial charge in [-0.05, 0) is 34.6 Å². The van der Waals surface area contributed by atoms with Gasteiger partial charge in [0.25, 0.3) is 0 Å². The van der Waals surface area contributed by atoms with Gasteiger partial charge >= 0.3 is 0 Å². The minimum absolute atomic E-state index is 0.126. The zero-order valence-corrected chi connectivity index (χ0v) is 11.7. The van der Waals surface area contributed by atoms with Crippen molar-refractivity contribution in [2.45, 2.75) is 59.4 Å². The number of imidazole rings is 1. The number of hydrogen-bond donors (Lipinski definition) is 1. The van der Waals surface area contributed by atoms with Gasteiger partial charge in [0.05, 0.1) is 18.1 Å². The van der Waals surface area contributed by atoms with E-state index >= 15 is 0 Å². The van der Waals surface area contributed by atoms with Crippen LogP contribution >= 0.6 is 0 Å². The summed E-state index contributed by atoms with van der Waals surface area (Å²) in [6.07, 6.45) is 4.01. The third kappa shape index (κ3) is 5.33.